The highest BCUT2D eigenvalue weighted by atomic mass is 35.5. The standard InChI is InChI=1S/C20H25N3OS.2ClH/c21-18-5-1-17(2-6-18)15-20(24)22-19-7-3-16(4-8-19)9-10-23-11-13-25-14-12-23;;/h1-8H,9-15,21H2,(H,22,24);2*1H. The SMILES string of the molecule is Cl.Cl.Nc1ccc(CC(=O)Nc2ccc(CCN3CCSCC3)cc2)cc1. The second-order valence-corrected chi connectivity index (χ2v) is 7.59. The zero-order chi connectivity index (χ0) is 17.5. The van der Waals surface area contributed by atoms with Crippen molar-refractivity contribution in [3.63, 3.8) is 0 Å². The van der Waals surface area contributed by atoms with Crippen molar-refractivity contribution in [2.45, 2.75) is 12.8 Å². The van der Waals surface area contributed by atoms with Crippen molar-refractivity contribution in [2.75, 3.05) is 42.2 Å². The molecule has 3 N–H and O–H groups in total. The van der Waals surface area contributed by atoms with Crippen LogP contribution in [0.3, 0.4) is 0 Å². The van der Waals surface area contributed by atoms with Crippen LogP contribution in [0.15, 0.2) is 48.5 Å². The van der Waals surface area contributed by atoms with Gasteiger partial charge in [-0.3, -0.25) is 4.79 Å². The molecule has 27 heavy (non-hydrogen) atoms. The lowest BCUT2D eigenvalue weighted by Crippen LogP contribution is -2.34. The number of anilines is 2. The Morgan fingerprint density at radius 1 is 0.963 bits per heavy atom. The van der Waals surface area contributed by atoms with Crippen LogP contribution in [0.2, 0.25) is 0 Å². The summed E-state index contributed by atoms with van der Waals surface area (Å²) in [6, 6.07) is 15.6. The number of nitrogens with two attached hydrogens (primary N) is 1. The van der Waals surface area contributed by atoms with Gasteiger partial charge in [-0.05, 0) is 41.8 Å². The van der Waals surface area contributed by atoms with Crippen molar-refractivity contribution in [2.24, 2.45) is 0 Å². The summed E-state index contributed by atoms with van der Waals surface area (Å²) < 4.78 is 0. The van der Waals surface area contributed by atoms with Crippen molar-refractivity contribution in [1.29, 1.82) is 0 Å². The van der Waals surface area contributed by atoms with E-state index in [2.05, 4.69) is 22.3 Å². The molecule has 0 aromatic heterocycles. The average molecular weight is 428 g/mol. The number of halogens is 2. The molecular weight excluding hydrogens is 401 g/mol. The first kappa shape index (κ1) is 23.6. The largest absolute Gasteiger partial charge is 0.399 e. The number of hydrogen-bond acceptors (Lipinski definition) is 4. The number of nitrogen functional groups attached to an aromatic ring is 1. The van der Waals surface area contributed by atoms with Crippen LogP contribution in [0.5, 0.6) is 0 Å². The lowest BCUT2D eigenvalue weighted by atomic mass is 10.1. The summed E-state index contributed by atoms with van der Waals surface area (Å²) in [7, 11) is 0. The van der Waals surface area contributed by atoms with E-state index in [1.54, 1.807) is 0 Å². The summed E-state index contributed by atoms with van der Waals surface area (Å²) in [4.78, 5) is 14.7. The number of rotatable bonds is 6. The van der Waals surface area contributed by atoms with Crippen LogP contribution >= 0.6 is 36.6 Å². The van der Waals surface area contributed by atoms with Gasteiger partial charge in [0.25, 0.3) is 0 Å². The van der Waals surface area contributed by atoms with Crippen molar-refractivity contribution in [3.8, 4) is 0 Å². The lowest BCUT2D eigenvalue weighted by molar-refractivity contribution is -0.115. The molecule has 1 heterocycles. The second-order valence-electron chi connectivity index (χ2n) is 6.37. The first-order valence-corrected chi connectivity index (χ1v) is 9.88. The third kappa shape index (κ3) is 8.01. The molecule has 0 saturated carbocycles. The van der Waals surface area contributed by atoms with Gasteiger partial charge >= 0.3 is 0 Å². The van der Waals surface area contributed by atoms with E-state index in [1.807, 2.05) is 48.2 Å². The van der Waals surface area contributed by atoms with Gasteiger partial charge in [0.15, 0.2) is 0 Å². The van der Waals surface area contributed by atoms with Gasteiger partial charge in [-0.1, -0.05) is 24.3 Å². The van der Waals surface area contributed by atoms with E-state index in [-0.39, 0.29) is 30.7 Å². The molecule has 1 aliphatic heterocycles. The van der Waals surface area contributed by atoms with Crippen molar-refractivity contribution >= 4 is 53.9 Å². The predicted octanol–water partition coefficient (Wildman–Crippen LogP) is 3.88. The molecular formula is C20H27Cl2N3OS. The molecule has 2 aromatic rings. The zero-order valence-corrected chi connectivity index (χ0v) is 17.7. The fraction of sp³-hybridized carbons (Fsp3) is 0.350. The number of nitrogens with one attached hydrogen (secondary N) is 1. The molecule has 0 spiro atoms. The summed E-state index contributed by atoms with van der Waals surface area (Å²) in [6.45, 7) is 3.51. The minimum atomic E-state index is -0.0108. The lowest BCUT2D eigenvalue weighted by Gasteiger charge is -2.26. The number of nitrogens with zero attached hydrogens (tertiary/aromatic N) is 1. The van der Waals surface area contributed by atoms with Crippen molar-refractivity contribution < 1.29 is 4.79 Å². The Labute approximate surface area is 178 Å². The molecule has 1 aliphatic rings. The van der Waals surface area contributed by atoms with Gasteiger partial charge in [0, 0.05) is 42.5 Å². The molecule has 148 valence electrons. The zero-order valence-electron chi connectivity index (χ0n) is 15.2. The number of thioether (sulfide) groups is 1. The molecule has 0 atom stereocenters. The van der Waals surface area contributed by atoms with E-state index in [9.17, 15) is 4.79 Å². The van der Waals surface area contributed by atoms with Crippen molar-refractivity contribution in [1.82, 2.24) is 4.90 Å². The summed E-state index contributed by atoms with van der Waals surface area (Å²) in [6.07, 6.45) is 1.42. The van der Waals surface area contributed by atoms with E-state index in [0.717, 1.165) is 24.2 Å². The molecule has 0 unspecified atom stereocenters. The van der Waals surface area contributed by atoms with E-state index in [0.29, 0.717) is 12.1 Å². The van der Waals surface area contributed by atoms with Gasteiger partial charge in [-0.2, -0.15) is 11.8 Å². The van der Waals surface area contributed by atoms with E-state index >= 15 is 0 Å². The molecule has 0 radical (unpaired) electrons. The van der Waals surface area contributed by atoms with Crippen LogP contribution in [0.4, 0.5) is 11.4 Å². The Kier molecular flexibility index (Phi) is 10.6. The monoisotopic (exact) mass is 427 g/mol. The van der Waals surface area contributed by atoms with Gasteiger partial charge in [-0.15, -0.1) is 24.8 Å². The third-order valence-electron chi connectivity index (χ3n) is 4.40. The molecule has 4 nitrogen and oxygen atoms in total. The van der Waals surface area contributed by atoms with Crippen LogP contribution in [0.1, 0.15) is 11.1 Å². The maximum Gasteiger partial charge on any atom is 0.228 e. The number of amides is 1. The summed E-state index contributed by atoms with van der Waals surface area (Å²) in [5.74, 6) is 2.49. The fourth-order valence-corrected chi connectivity index (χ4v) is 3.87. The Morgan fingerprint density at radius 2 is 1.56 bits per heavy atom. The van der Waals surface area contributed by atoms with Gasteiger partial charge in [0.1, 0.15) is 0 Å². The Morgan fingerprint density at radius 3 is 2.19 bits per heavy atom. The van der Waals surface area contributed by atoms with Gasteiger partial charge in [0.05, 0.1) is 6.42 Å². The topological polar surface area (TPSA) is 58.4 Å². The molecule has 1 saturated heterocycles. The Bertz CT molecular complexity index is 689. The fourth-order valence-electron chi connectivity index (χ4n) is 2.89. The van der Waals surface area contributed by atoms with Crippen molar-refractivity contribution in [3.05, 3.63) is 59.7 Å². The minimum Gasteiger partial charge on any atom is -0.399 e. The molecule has 1 fully saturated rings. The van der Waals surface area contributed by atoms with E-state index in [4.69, 9.17) is 5.73 Å². The molecule has 0 bridgehead atoms. The van der Waals surface area contributed by atoms with E-state index in [1.165, 1.54) is 30.2 Å². The first-order valence-electron chi connectivity index (χ1n) is 8.72. The van der Waals surface area contributed by atoms with Crippen LogP contribution in [0.25, 0.3) is 0 Å². The first-order chi connectivity index (χ1) is 12.2. The number of hydrogen-bond donors (Lipinski definition) is 2. The summed E-state index contributed by atoms with van der Waals surface area (Å²) in [5, 5.41) is 2.95. The minimum absolute atomic E-state index is 0. The molecule has 7 heteroatoms. The maximum absolute atomic E-state index is 12.1. The van der Waals surface area contributed by atoms with Crippen LogP contribution in [-0.2, 0) is 17.6 Å². The number of carbonyl (C=O) groups is 1. The molecule has 3 rings (SSSR count). The number of benzene rings is 2. The summed E-state index contributed by atoms with van der Waals surface area (Å²) >= 11 is 2.04. The molecule has 0 aliphatic carbocycles. The molecule has 2 aromatic carbocycles. The average Bonchev–Trinajstić information content (AvgIpc) is 2.64. The van der Waals surface area contributed by atoms with Crippen LogP contribution in [-0.4, -0.2) is 41.9 Å². The van der Waals surface area contributed by atoms with Crippen LogP contribution in [0, 0.1) is 0 Å². The molecule has 1 amide bonds. The van der Waals surface area contributed by atoms with Gasteiger partial charge in [-0.25, -0.2) is 0 Å². The van der Waals surface area contributed by atoms with Gasteiger partial charge < -0.3 is 16.0 Å². The predicted molar refractivity (Wildman–Crippen MR) is 122 cm³/mol. The third-order valence-corrected chi connectivity index (χ3v) is 5.35. The Hall–Kier alpha value is -1.40. The highest BCUT2D eigenvalue weighted by Gasteiger charge is 2.10. The second kappa shape index (κ2) is 12.1. The highest BCUT2D eigenvalue weighted by Crippen LogP contribution is 2.14. The normalized spacial score (nSPS) is 13.9. The quantitative estimate of drug-likeness (QED) is 0.686. The van der Waals surface area contributed by atoms with E-state index < -0.39 is 0 Å². The van der Waals surface area contributed by atoms with Crippen LogP contribution < -0.4 is 11.1 Å². The highest BCUT2D eigenvalue weighted by molar-refractivity contribution is 7.99. The maximum atomic E-state index is 12.1. The number of carbonyl (C=O) groups excluding carboxylic acids is 1. The van der Waals surface area contributed by atoms with Gasteiger partial charge in [0.2, 0.25) is 5.91 Å². The Balaban J connectivity index is 0.00000182. The summed E-state index contributed by atoms with van der Waals surface area (Å²) in [5.41, 5.74) is 9.50. The smallest absolute Gasteiger partial charge is 0.228 e.